The predicted octanol–water partition coefficient (Wildman–Crippen LogP) is -2.43. The highest BCUT2D eigenvalue weighted by molar-refractivity contribution is 4.78. The maximum Gasteiger partial charge on any atom is 0.0894 e. The summed E-state index contributed by atoms with van der Waals surface area (Å²) in [5.74, 6) is 0. The molecule has 0 unspecified atom stereocenters. The second-order valence-electron chi connectivity index (χ2n) is 7.84. The van der Waals surface area contributed by atoms with E-state index in [9.17, 15) is 0 Å². The third-order valence-electron chi connectivity index (χ3n) is 7.39. The summed E-state index contributed by atoms with van der Waals surface area (Å²) in [6.07, 6.45) is 12.1. The van der Waals surface area contributed by atoms with E-state index >= 15 is 0 Å². The van der Waals surface area contributed by atoms with Crippen LogP contribution in [0.4, 0.5) is 0 Å². The van der Waals surface area contributed by atoms with Crippen molar-refractivity contribution in [1.82, 2.24) is 0 Å². The quantitative estimate of drug-likeness (QED) is 0.278. The van der Waals surface area contributed by atoms with Gasteiger partial charge in [-0.1, -0.05) is 0 Å². The molecule has 2 nitrogen and oxygen atoms in total. The molecule has 0 N–H and O–H groups in total. The van der Waals surface area contributed by atoms with Crippen LogP contribution >= 0.6 is 0 Å². The van der Waals surface area contributed by atoms with E-state index in [1.54, 1.807) is 0 Å². The average Bonchev–Trinajstić information content (AvgIpc) is 3.18. The molecule has 0 amide bonds. The van der Waals surface area contributed by atoms with E-state index in [4.69, 9.17) is 0 Å². The fraction of sp³-hybridized carbons (Fsp3) is 1.00. The zero-order valence-electron chi connectivity index (χ0n) is 14.7. The largest absolute Gasteiger partial charge is 1.00 e. The monoisotopic (exact) mass is 534 g/mol. The minimum Gasteiger partial charge on any atom is -1.00 e. The van der Waals surface area contributed by atoms with Crippen LogP contribution in [0.5, 0.6) is 0 Å². The lowest BCUT2D eigenvalue weighted by Crippen LogP contribution is -3.00. The van der Waals surface area contributed by atoms with Crippen molar-refractivity contribution in [1.29, 1.82) is 0 Å². The van der Waals surface area contributed by atoms with Crippen LogP contribution in [0.1, 0.15) is 65.2 Å². The van der Waals surface area contributed by atoms with Crippen LogP contribution in [0.3, 0.4) is 0 Å². The summed E-state index contributed by atoms with van der Waals surface area (Å²) in [6, 6.07) is 2.02. The van der Waals surface area contributed by atoms with E-state index in [-0.39, 0.29) is 48.0 Å². The second kappa shape index (κ2) is 9.18. The first-order chi connectivity index (χ1) is 9.75. The van der Waals surface area contributed by atoms with Crippen molar-refractivity contribution in [3.8, 4) is 0 Å². The van der Waals surface area contributed by atoms with Crippen LogP contribution < -0.4 is 48.0 Å². The van der Waals surface area contributed by atoms with E-state index in [0.717, 1.165) is 12.1 Å². The Morgan fingerprint density at radius 2 is 0.864 bits per heavy atom. The summed E-state index contributed by atoms with van der Waals surface area (Å²) in [5, 5.41) is 0. The maximum atomic E-state index is 2.44. The highest BCUT2D eigenvalue weighted by Crippen LogP contribution is 2.38. The van der Waals surface area contributed by atoms with Gasteiger partial charge in [0.25, 0.3) is 0 Å². The first-order valence-corrected chi connectivity index (χ1v) is 9.46. The van der Waals surface area contributed by atoms with Gasteiger partial charge in [0.15, 0.2) is 0 Å². The summed E-state index contributed by atoms with van der Waals surface area (Å²) in [6.45, 7) is 13.6. The van der Waals surface area contributed by atoms with Crippen molar-refractivity contribution >= 4 is 0 Å². The number of likely N-dealkylation sites (tertiary alicyclic amines) is 2. The van der Waals surface area contributed by atoms with Gasteiger partial charge < -0.3 is 56.9 Å². The van der Waals surface area contributed by atoms with Crippen molar-refractivity contribution in [3.63, 3.8) is 0 Å². The lowest BCUT2D eigenvalue weighted by Gasteiger charge is -2.48. The molecular formula is C18H36I2N2. The lowest BCUT2D eigenvalue weighted by molar-refractivity contribution is -0.954. The van der Waals surface area contributed by atoms with Crippen LogP contribution in [0, 0.1) is 0 Å². The van der Waals surface area contributed by atoms with Crippen LogP contribution in [-0.4, -0.2) is 60.3 Å². The molecule has 2 aliphatic heterocycles. The zero-order chi connectivity index (χ0) is 14.1. The highest BCUT2D eigenvalue weighted by Gasteiger charge is 2.45. The van der Waals surface area contributed by atoms with Crippen LogP contribution in [0.15, 0.2) is 0 Å². The number of hydrogen-bond donors (Lipinski definition) is 0. The smallest absolute Gasteiger partial charge is 0.0894 e. The molecule has 2 saturated heterocycles. The Morgan fingerprint density at radius 1 is 0.591 bits per heavy atom. The van der Waals surface area contributed by atoms with Gasteiger partial charge >= 0.3 is 0 Å². The van der Waals surface area contributed by atoms with Gasteiger partial charge in [-0.25, -0.2) is 0 Å². The molecule has 0 radical (unpaired) electrons. The van der Waals surface area contributed by atoms with Gasteiger partial charge in [-0.3, -0.25) is 0 Å². The molecule has 4 heteroatoms. The third-order valence-corrected chi connectivity index (χ3v) is 7.39. The van der Waals surface area contributed by atoms with Crippen LogP contribution in [0.2, 0.25) is 0 Å². The Balaban J connectivity index is 0.00000121. The average molecular weight is 534 g/mol. The predicted molar refractivity (Wildman–Crippen MR) is 85.6 cm³/mol. The van der Waals surface area contributed by atoms with E-state index in [2.05, 4.69) is 13.8 Å². The molecule has 3 fully saturated rings. The summed E-state index contributed by atoms with van der Waals surface area (Å²) >= 11 is 0. The topological polar surface area (TPSA) is 0 Å². The fourth-order valence-corrected chi connectivity index (χ4v) is 5.96. The number of quaternary nitrogens is 2. The SMILES string of the molecule is CC[N+]1(C2CCC([N+]3(CC)CCCC3)CC2)CCCC1.[I-].[I-]. The van der Waals surface area contributed by atoms with Gasteiger partial charge in [0, 0.05) is 51.4 Å². The standard InChI is InChI=1S/C18H36N2.2HI/c1-3-19(13-5-6-14-19)17-9-11-18(12-10-17)20(4-2)15-7-8-16-20;;/h17-18H,3-16H2,1-2H3;2*1H/q+2;;/p-2. The minimum absolute atomic E-state index is 0. The molecule has 0 aromatic heterocycles. The van der Waals surface area contributed by atoms with Crippen molar-refractivity contribution in [3.05, 3.63) is 0 Å². The van der Waals surface area contributed by atoms with E-state index in [1.165, 1.54) is 99.6 Å². The number of nitrogens with zero attached hydrogens (tertiary/aromatic N) is 2. The number of halogens is 2. The van der Waals surface area contributed by atoms with Crippen molar-refractivity contribution in [2.45, 2.75) is 77.3 Å². The maximum absolute atomic E-state index is 2.44. The normalized spacial score (nSPS) is 33.0. The van der Waals surface area contributed by atoms with E-state index in [0.29, 0.717) is 0 Å². The molecule has 3 rings (SSSR count). The first kappa shape index (κ1) is 21.4. The van der Waals surface area contributed by atoms with Crippen LogP contribution in [0.25, 0.3) is 0 Å². The van der Waals surface area contributed by atoms with Crippen molar-refractivity contribution in [2.75, 3.05) is 39.3 Å². The van der Waals surface area contributed by atoms with Gasteiger partial charge in [-0.05, 0) is 13.8 Å². The number of rotatable bonds is 4. The molecule has 0 aromatic carbocycles. The van der Waals surface area contributed by atoms with Crippen molar-refractivity contribution in [2.24, 2.45) is 0 Å². The van der Waals surface area contributed by atoms with Gasteiger partial charge in [0.2, 0.25) is 0 Å². The summed E-state index contributed by atoms with van der Waals surface area (Å²) < 4.78 is 2.97. The molecule has 1 aliphatic carbocycles. The Hall–Kier alpha value is 1.38. The molecule has 0 bridgehead atoms. The second-order valence-corrected chi connectivity index (χ2v) is 7.84. The van der Waals surface area contributed by atoms with Crippen molar-refractivity contribution < 1.29 is 56.9 Å². The Bertz CT molecular complexity index is 283. The van der Waals surface area contributed by atoms with Gasteiger partial charge in [-0.15, -0.1) is 0 Å². The van der Waals surface area contributed by atoms with Crippen LogP contribution in [-0.2, 0) is 0 Å². The molecule has 0 atom stereocenters. The Morgan fingerprint density at radius 3 is 1.09 bits per heavy atom. The van der Waals surface area contributed by atoms with Gasteiger partial charge in [0.1, 0.15) is 0 Å². The lowest BCUT2D eigenvalue weighted by atomic mass is 9.86. The van der Waals surface area contributed by atoms with E-state index in [1.807, 2.05) is 0 Å². The molecule has 2 heterocycles. The van der Waals surface area contributed by atoms with Gasteiger partial charge in [0.05, 0.1) is 51.4 Å². The molecule has 3 aliphatic rings. The molecule has 132 valence electrons. The van der Waals surface area contributed by atoms with Gasteiger partial charge in [-0.2, -0.15) is 0 Å². The Labute approximate surface area is 172 Å². The first-order valence-electron chi connectivity index (χ1n) is 9.46. The molecule has 0 aromatic rings. The summed E-state index contributed by atoms with van der Waals surface area (Å²) in [5.41, 5.74) is 0. The number of hydrogen-bond acceptors (Lipinski definition) is 0. The molecule has 1 saturated carbocycles. The third kappa shape index (κ3) is 3.96. The summed E-state index contributed by atoms with van der Waals surface area (Å²) in [4.78, 5) is 0. The molecule has 22 heavy (non-hydrogen) atoms. The minimum atomic E-state index is 0. The van der Waals surface area contributed by atoms with E-state index < -0.39 is 0 Å². The fourth-order valence-electron chi connectivity index (χ4n) is 5.96. The molecule has 0 spiro atoms. The summed E-state index contributed by atoms with van der Waals surface area (Å²) in [7, 11) is 0. The zero-order valence-corrected chi connectivity index (χ0v) is 19.0. The Kier molecular flexibility index (Phi) is 8.94. The highest BCUT2D eigenvalue weighted by atomic mass is 127. The molecular weight excluding hydrogens is 498 g/mol.